The number of amides is 1. The molecule has 0 radical (unpaired) electrons. The minimum Gasteiger partial charge on any atom is -0.410 e. The van der Waals surface area contributed by atoms with Gasteiger partial charge in [-0.25, -0.2) is 4.79 Å². The molecule has 0 aromatic heterocycles. The van der Waals surface area contributed by atoms with Crippen LogP contribution in [0.1, 0.15) is 0 Å². The van der Waals surface area contributed by atoms with Gasteiger partial charge in [-0.15, -0.1) is 0 Å². The number of ether oxygens (including phenoxy) is 2. The van der Waals surface area contributed by atoms with Crippen LogP contribution in [0.15, 0.2) is 24.3 Å². The summed E-state index contributed by atoms with van der Waals surface area (Å²) >= 11 is 0. The van der Waals surface area contributed by atoms with Crippen molar-refractivity contribution in [2.75, 3.05) is 45.1 Å². The second-order valence-corrected chi connectivity index (χ2v) is 6.77. The van der Waals surface area contributed by atoms with Gasteiger partial charge in [0.25, 0.3) is 0 Å². The molecule has 0 saturated carbocycles. The van der Waals surface area contributed by atoms with E-state index in [1.165, 1.54) is 20.2 Å². The standard InChI is InChI=1S/C13H19N3O5S/c1-15(2)22(18,19)14-11-4-3-5-12(10-11)21-13(17)16-6-8-20-9-7-16/h3-5,10,14H,6-9H2,1-2H3. The lowest BCUT2D eigenvalue weighted by atomic mass is 10.3. The summed E-state index contributed by atoms with van der Waals surface area (Å²) in [6, 6.07) is 6.23. The second kappa shape index (κ2) is 6.95. The highest BCUT2D eigenvalue weighted by Gasteiger charge is 2.19. The van der Waals surface area contributed by atoms with Gasteiger partial charge in [-0.2, -0.15) is 12.7 Å². The molecular weight excluding hydrogens is 310 g/mol. The van der Waals surface area contributed by atoms with Crippen LogP contribution in [-0.4, -0.2) is 64.1 Å². The molecule has 0 atom stereocenters. The molecule has 8 nitrogen and oxygen atoms in total. The molecule has 0 aliphatic carbocycles. The molecule has 1 aromatic rings. The minimum absolute atomic E-state index is 0.274. The van der Waals surface area contributed by atoms with Crippen molar-refractivity contribution >= 4 is 22.0 Å². The number of benzene rings is 1. The van der Waals surface area contributed by atoms with E-state index in [4.69, 9.17) is 9.47 Å². The monoisotopic (exact) mass is 329 g/mol. The molecule has 1 aliphatic heterocycles. The van der Waals surface area contributed by atoms with Gasteiger partial charge in [0.1, 0.15) is 5.75 Å². The first-order valence-corrected chi connectivity index (χ1v) is 8.17. The topological polar surface area (TPSA) is 88.2 Å². The Bertz CT molecular complexity index is 626. The van der Waals surface area contributed by atoms with Crippen LogP contribution < -0.4 is 9.46 Å². The highest BCUT2D eigenvalue weighted by Crippen LogP contribution is 2.19. The number of nitrogens with zero attached hydrogens (tertiary/aromatic N) is 2. The average molecular weight is 329 g/mol. The van der Waals surface area contributed by atoms with E-state index in [9.17, 15) is 13.2 Å². The number of morpholine rings is 1. The van der Waals surface area contributed by atoms with Gasteiger partial charge >= 0.3 is 16.3 Å². The largest absolute Gasteiger partial charge is 0.415 e. The third-order valence-electron chi connectivity index (χ3n) is 3.04. The predicted molar refractivity (Wildman–Crippen MR) is 81.1 cm³/mol. The molecule has 1 saturated heterocycles. The zero-order chi connectivity index (χ0) is 16.2. The molecule has 1 aliphatic rings. The Morgan fingerprint density at radius 2 is 2.00 bits per heavy atom. The van der Waals surface area contributed by atoms with Crippen LogP contribution >= 0.6 is 0 Å². The maximum absolute atomic E-state index is 12.0. The molecule has 0 spiro atoms. The number of hydrogen-bond donors (Lipinski definition) is 1. The molecule has 1 fully saturated rings. The van der Waals surface area contributed by atoms with Gasteiger partial charge in [0.2, 0.25) is 0 Å². The van der Waals surface area contributed by atoms with Crippen LogP contribution in [0, 0.1) is 0 Å². The van der Waals surface area contributed by atoms with Crippen molar-refractivity contribution in [2.45, 2.75) is 0 Å². The summed E-state index contributed by atoms with van der Waals surface area (Å²) in [5, 5.41) is 0. The average Bonchev–Trinajstić information content (AvgIpc) is 2.48. The molecule has 0 bridgehead atoms. The number of nitrogens with one attached hydrogen (secondary N) is 1. The van der Waals surface area contributed by atoms with E-state index >= 15 is 0 Å². The number of carbonyl (C=O) groups excluding carboxylic acids is 1. The Labute approximate surface area is 129 Å². The first-order chi connectivity index (χ1) is 10.4. The zero-order valence-electron chi connectivity index (χ0n) is 12.5. The van der Waals surface area contributed by atoms with E-state index < -0.39 is 16.3 Å². The van der Waals surface area contributed by atoms with E-state index in [0.29, 0.717) is 32.0 Å². The lowest BCUT2D eigenvalue weighted by molar-refractivity contribution is 0.0416. The van der Waals surface area contributed by atoms with Crippen LogP contribution in [0.5, 0.6) is 5.75 Å². The van der Waals surface area contributed by atoms with E-state index in [1.807, 2.05) is 0 Å². The van der Waals surface area contributed by atoms with Gasteiger partial charge in [0, 0.05) is 33.3 Å². The number of carbonyl (C=O) groups is 1. The molecular formula is C13H19N3O5S. The lowest BCUT2D eigenvalue weighted by Gasteiger charge is -2.25. The van der Waals surface area contributed by atoms with Gasteiger partial charge in [0.05, 0.1) is 18.9 Å². The summed E-state index contributed by atoms with van der Waals surface area (Å²) in [5.74, 6) is 0.274. The maximum atomic E-state index is 12.0. The normalized spacial score (nSPS) is 15.7. The summed E-state index contributed by atoms with van der Waals surface area (Å²) in [4.78, 5) is 13.5. The van der Waals surface area contributed by atoms with Gasteiger partial charge in [0.15, 0.2) is 0 Å². The minimum atomic E-state index is -3.60. The fraction of sp³-hybridized carbons (Fsp3) is 0.462. The van der Waals surface area contributed by atoms with Crippen molar-refractivity contribution < 1.29 is 22.7 Å². The van der Waals surface area contributed by atoms with Gasteiger partial charge in [-0.05, 0) is 12.1 Å². The summed E-state index contributed by atoms with van der Waals surface area (Å²) in [6.07, 6.45) is -0.476. The van der Waals surface area contributed by atoms with Gasteiger partial charge in [-0.1, -0.05) is 6.07 Å². The van der Waals surface area contributed by atoms with Crippen LogP contribution in [0.25, 0.3) is 0 Å². The zero-order valence-corrected chi connectivity index (χ0v) is 13.3. The number of hydrogen-bond acceptors (Lipinski definition) is 5. The fourth-order valence-electron chi connectivity index (χ4n) is 1.77. The van der Waals surface area contributed by atoms with Crippen molar-refractivity contribution in [2.24, 2.45) is 0 Å². The SMILES string of the molecule is CN(C)S(=O)(=O)Nc1cccc(OC(=O)N2CCOCC2)c1. The molecule has 2 rings (SSSR count). The number of anilines is 1. The van der Waals surface area contributed by atoms with Crippen molar-refractivity contribution in [3.63, 3.8) is 0 Å². The van der Waals surface area contributed by atoms with Crippen LogP contribution in [0.3, 0.4) is 0 Å². The molecule has 122 valence electrons. The Morgan fingerprint density at radius 1 is 1.32 bits per heavy atom. The van der Waals surface area contributed by atoms with Crippen LogP contribution in [0.2, 0.25) is 0 Å². The molecule has 1 N–H and O–H groups in total. The first-order valence-electron chi connectivity index (χ1n) is 6.73. The predicted octanol–water partition coefficient (Wildman–Crippen LogP) is 0.736. The summed E-state index contributed by atoms with van der Waals surface area (Å²) in [7, 11) is -0.759. The fourth-order valence-corrected chi connectivity index (χ4v) is 2.38. The van der Waals surface area contributed by atoms with E-state index in [2.05, 4.69) is 4.72 Å². The van der Waals surface area contributed by atoms with E-state index in [-0.39, 0.29) is 5.75 Å². The number of rotatable bonds is 4. The maximum Gasteiger partial charge on any atom is 0.415 e. The van der Waals surface area contributed by atoms with Gasteiger partial charge in [-0.3, -0.25) is 4.72 Å². The summed E-state index contributed by atoms with van der Waals surface area (Å²) < 4.78 is 37.4. The Morgan fingerprint density at radius 3 is 2.64 bits per heavy atom. The third-order valence-corrected chi connectivity index (χ3v) is 4.49. The van der Waals surface area contributed by atoms with Crippen LogP contribution in [-0.2, 0) is 14.9 Å². The molecule has 1 aromatic carbocycles. The van der Waals surface area contributed by atoms with Crippen LogP contribution in [0.4, 0.5) is 10.5 Å². The molecule has 1 heterocycles. The smallest absolute Gasteiger partial charge is 0.410 e. The summed E-state index contributed by atoms with van der Waals surface area (Å²) in [6.45, 7) is 1.92. The van der Waals surface area contributed by atoms with Crippen molar-refractivity contribution in [1.82, 2.24) is 9.21 Å². The van der Waals surface area contributed by atoms with Crippen molar-refractivity contribution in [1.29, 1.82) is 0 Å². The Hall–Kier alpha value is -1.84. The third kappa shape index (κ3) is 4.33. The summed E-state index contributed by atoms with van der Waals surface area (Å²) in [5.41, 5.74) is 0.320. The molecule has 0 unspecified atom stereocenters. The lowest BCUT2D eigenvalue weighted by Crippen LogP contribution is -2.42. The first kappa shape index (κ1) is 16.5. The molecule has 22 heavy (non-hydrogen) atoms. The van der Waals surface area contributed by atoms with Crippen molar-refractivity contribution in [3.05, 3.63) is 24.3 Å². The highest BCUT2D eigenvalue weighted by atomic mass is 32.2. The molecule has 9 heteroatoms. The van der Waals surface area contributed by atoms with E-state index in [1.54, 1.807) is 23.1 Å². The second-order valence-electron chi connectivity index (χ2n) is 4.88. The van der Waals surface area contributed by atoms with Crippen molar-refractivity contribution in [3.8, 4) is 5.75 Å². The van der Waals surface area contributed by atoms with Gasteiger partial charge < -0.3 is 14.4 Å². The highest BCUT2D eigenvalue weighted by molar-refractivity contribution is 7.90. The Kier molecular flexibility index (Phi) is 5.22. The quantitative estimate of drug-likeness (QED) is 0.880. The molecule has 1 amide bonds. The van der Waals surface area contributed by atoms with E-state index in [0.717, 1.165) is 4.31 Å². The Balaban J connectivity index is 2.03.